The van der Waals surface area contributed by atoms with Gasteiger partial charge in [0.2, 0.25) is 5.91 Å². The van der Waals surface area contributed by atoms with Crippen LogP contribution in [0.3, 0.4) is 0 Å². The standard InChI is InChI=1S/C22H28ClN3O3/c1-28-21-5-3-2-4-18(21)16-24-22(27)17-26-12-10-25(11-13-26)14-15-29-20-8-6-19(23)7-9-20/h2-9H,10-17H2,1H3,(H,24,27). The van der Waals surface area contributed by atoms with Crippen LogP contribution in [0.4, 0.5) is 0 Å². The molecule has 1 heterocycles. The van der Waals surface area contributed by atoms with Gasteiger partial charge in [0.25, 0.3) is 0 Å². The van der Waals surface area contributed by atoms with Crippen molar-refractivity contribution in [3.8, 4) is 11.5 Å². The van der Waals surface area contributed by atoms with Gasteiger partial charge in [-0.3, -0.25) is 14.6 Å². The molecular weight excluding hydrogens is 390 g/mol. The Morgan fingerprint density at radius 2 is 1.72 bits per heavy atom. The van der Waals surface area contributed by atoms with Crippen LogP contribution in [-0.4, -0.2) is 68.7 Å². The van der Waals surface area contributed by atoms with Gasteiger partial charge >= 0.3 is 0 Å². The van der Waals surface area contributed by atoms with Crippen molar-refractivity contribution in [3.63, 3.8) is 0 Å². The molecular formula is C22H28ClN3O3. The number of amides is 1. The Hall–Kier alpha value is -2.28. The molecule has 0 spiro atoms. The average molecular weight is 418 g/mol. The molecule has 2 aromatic carbocycles. The van der Waals surface area contributed by atoms with Gasteiger partial charge in [0.05, 0.1) is 13.7 Å². The van der Waals surface area contributed by atoms with Crippen molar-refractivity contribution in [2.24, 2.45) is 0 Å². The number of nitrogens with one attached hydrogen (secondary N) is 1. The van der Waals surface area contributed by atoms with E-state index >= 15 is 0 Å². The number of hydrogen-bond acceptors (Lipinski definition) is 5. The number of methoxy groups -OCH3 is 1. The second-order valence-electron chi connectivity index (χ2n) is 7.01. The Bertz CT molecular complexity index is 777. The summed E-state index contributed by atoms with van der Waals surface area (Å²) in [7, 11) is 1.64. The highest BCUT2D eigenvalue weighted by Gasteiger charge is 2.19. The number of halogens is 1. The summed E-state index contributed by atoms with van der Waals surface area (Å²) in [6.45, 7) is 6.03. The molecule has 0 unspecified atom stereocenters. The van der Waals surface area contributed by atoms with Gasteiger partial charge in [-0.15, -0.1) is 0 Å². The number of carbonyl (C=O) groups is 1. The second-order valence-corrected chi connectivity index (χ2v) is 7.45. The Morgan fingerprint density at radius 3 is 2.45 bits per heavy atom. The van der Waals surface area contributed by atoms with E-state index in [2.05, 4.69) is 15.1 Å². The molecule has 0 radical (unpaired) electrons. The summed E-state index contributed by atoms with van der Waals surface area (Å²) in [5.74, 6) is 1.66. The van der Waals surface area contributed by atoms with Crippen LogP contribution < -0.4 is 14.8 Å². The van der Waals surface area contributed by atoms with Gasteiger partial charge in [-0.05, 0) is 30.3 Å². The Morgan fingerprint density at radius 1 is 1.03 bits per heavy atom. The van der Waals surface area contributed by atoms with E-state index in [-0.39, 0.29) is 5.91 Å². The molecule has 1 N–H and O–H groups in total. The van der Waals surface area contributed by atoms with Gasteiger partial charge in [0, 0.05) is 49.9 Å². The first-order valence-corrected chi connectivity index (χ1v) is 10.2. The Labute approximate surface area is 177 Å². The molecule has 0 aliphatic carbocycles. The third kappa shape index (κ3) is 6.92. The number of ether oxygens (including phenoxy) is 2. The fraction of sp³-hybridized carbons (Fsp3) is 0.409. The molecule has 1 amide bonds. The number of piperazine rings is 1. The maximum Gasteiger partial charge on any atom is 0.234 e. The van der Waals surface area contributed by atoms with Crippen LogP contribution in [0.2, 0.25) is 5.02 Å². The van der Waals surface area contributed by atoms with Crippen molar-refractivity contribution in [3.05, 3.63) is 59.1 Å². The van der Waals surface area contributed by atoms with E-state index in [4.69, 9.17) is 21.1 Å². The molecule has 29 heavy (non-hydrogen) atoms. The quantitative estimate of drug-likeness (QED) is 0.679. The summed E-state index contributed by atoms with van der Waals surface area (Å²) in [5, 5.41) is 3.69. The molecule has 1 aliphatic heterocycles. The van der Waals surface area contributed by atoms with E-state index in [1.165, 1.54) is 0 Å². The summed E-state index contributed by atoms with van der Waals surface area (Å²) in [6, 6.07) is 15.1. The van der Waals surface area contributed by atoms with Crippen molar-refractivity contribution in [1.82, 2.24) is 15.1 Å². The topological polar surface area (TPSA) is 54.0 Å². The molecule has 7 heteroatoms. The number of hydrogen-bond donors (Lipinski definition) is 1. The van der Waals surface area contributed by atoms with E-state index in [1.54, 1.807) is 7.11 Å². The third-order valence-corrected chi connectivity index (χ3v) is 5.24. The summed E-state index contributed by atoms with van der Waals surface area (Å²) in [6.07, 6.45) is 0. The normalized spacial score (nSPS) is 15.1. The highest BCUT2D eigenvalue weighted by Crippen LogP contribution is 2.17. The number of benzene rings is 2. The van der Waals surface area contributed by atoms with Crippen LogP contribution in [0.15, 0.2) is 48.5 Å². The van der Waals surface area contributed by atoms with Crippen LogP contribution in [-0.2, 0) is 11.3 Å². The molecule has 156 valence electrons. The van der Waals surface area contributed by atoms with Crippen molar-refractivity contribution < 1.29 is 14.3 Å². The minimum Gasteiger partial charge on any atom is -0.496 e. The zero-order valence-corrected chi connectivity index (χ0v) is 17.5. The zero-order chi connectivity index (χ0) is 20.5. The largest absolute Gasteiger partial charge is 0.496 e. The predicted molar refractivity (Wildman–Crippen MR) is 115 cm³/mol. The predicted octanol–water partition coefficient (Wildman–Crippen LogP) is 2.66. The van der Waals surface area contributed by atoms with Crippen LogP contribution in [0.5, 0.6) is 11.5 Å². The van der Waals surface area contributed by atoms with Crippen LogP contribution >= 0.6 is 11.6 Å². The Kier molecular flexibility index (Phi) is 8.16. The number of rotatable bonds is 9. The minimum absolute atomic E-state index is 0.0374. The zero-order valence-electron chi connectivity index (χ0n) is 16.8. The third-order valence-electron chi connectivity index (χ3n) is 4.99. The van der Waals surface area contributed by atoms with Crippen LogP contribution in [0.25, 0.3) is 0 Å². The molecule has 3 rings (SSSR count). The van der Waals surface area contributed by atoms with Gasteiger partial charge in [0.1, 0.15) is 18.1 Å². The first-order valence-electron chi connectivity index (χ1n) is 9.86. The van der Waals surface area contributed by atoms with Crippen molar-refractivity contribution >= 4 is 17.5 Å². The van der Waals surface area contributed by atoms with Gasteiger partial charge in [-0.2, -0.15) is 0 Å². The molecule has 0 saturated carbocycles. The van der Waals surface area contributed by atoms with Gasteiger partial charge < -0.3 is 14.8 Å². The van der Waals surface area contributed by atoms with Gasteiger partial charge in [0.15, 0.2) is 0 Å². The van der Waals surface area contributed by atoms with Crippen molar-refractivity contribution in [2.75, 3.05) is 53.0 Å². The molecule has 6 nitrogen and oxygen atoms in total. The van der Waals surface area contributed by atoms with E-state index in [1.807, 2.05) is 48.5 Å². The number of para-hydroxylation sites is 1. The van der Waals surface area contributed by atoms with E-state index in [0.29, 0.717) is 24.7 Å². The molecule has 1 fully saturated rings. The Balaban J connectivity index is 1.32. The number of carbonyl (C=O) groups excluding carboxylic acids is 1. The fourth-order valence-corrected chi connectivity index (χ4v) is 3.42. The van der Waals surface area contributed by atoms with Crippen LogP contribution in [0, 0.1) is 0 Å². The smallest absolute Gasteiger partial charge is 0.234 e. The lowest BCUT2D eigenvalue weighted by atomic mass is 10.2. The molecule has 0 atom stereocenters. The molecule has 1 saturated heterocycles. The fourth-order valence-electron chi connectivity index (χ4n) is 3.30. The summed E-state index contributed by atoms with van der Waals surface area (Å²) in [5.41, 5.74) is 0.980. The summed E-state index contributed by atoms with van der Waals surface area (Å²) in [4.78, 5) is 16.8. The first kappa shape index (κ1) is 21.4. The lowest BCUT2D eigenvalue weighted by molar-refractivity contribution is -0.122. The van der Waals surface area contributed by atoms with E-state index in [0.717, 1.165) is 49.8 Å². The summed E-state index contributed by atoms with van der Waals surface area (Å²) < 4.78 is 11.1. The summed E-state index contributed by atoms with van der Waals surface area (Å²) >= 11 is 5.88. The lowest BCUT2D eigenvalue weighted by Gasteiger charge is -2.34. The molecule has 0 bridgehead atoms. The maximum absolute atomic E-state index is 12.3. The van der Waals surface area contributed by atoms with Crippen LogP contribution in [0.1, 0.15) is 5.56 Å². The van der Waals surface area contributed by atoms with Crippen molar-refractivity contribution in [2.45, 2.75) is 6.54 Å². The molecule has 0 aromatic heterocycles. The first-order chi connectivity index (χ1) is 14.1. The maximum atomic E-state index is 12.3. The monoisotopic (exact) mass is 417 g/mol. The lowest BCUT2D eigenvalue weighted by Crippen LogP contribution is -2.50. The van der Waals surface area contributed by atoms with Gasteiger partial charge in [-0.25, -0.2) is 0 Å². The average Bonchev–Trinajstić information content (AvgIpc) is 2.75. The molecule has 1 aliphatic rings. The minimum atomic E-state index is 0.0374. The highest BCUT2D eigenvalue weighted by molar-refractivity contribution is 6.30. The molecule has 2 aromatic rings. The van der Waals surface area contributed by atoms with E-state index in [9.17, 15) is 4.79 Å². The second kappa shape index (κ2) is 11.0. The van der Waals surface area contributed by atoms with Crippen molar-refractivity contribution in [1.29, 1.82) is 0 Å². The highest BCUT2D eigenvalue weighted by atomic mass is 35.5. The number of nitrogens with zero attached hydrogens (tertiary/aromatic N) is 2. The van der Waals surface area contributed by atoms with E-state index < -0.39 is 0 Å². The van der Waals surface area contributed by atoms with Gasteiger partial charge in [-0.1, -0.05) is 29.8 Å². The SMILES string of the molecule is COc1ccccc1CNC(=O)CN1CCN(CCOc2ccc(Cl)cc2)CC1.